The Kier molecular flexibility index (Phi) is 8.27. The van der Waals surface area contributed by atoms with Gasteiger partial charge in [-0.05, 0) is 51.0 Å². The van der Waals surface area contributed by atoms with Gasteiger partial charge in [0.15, 0.2) is 0 Å². The lowest BCUT2D eigenvalue weighted by Crippen LogP contribution is -2.25. The van der Waals surface area contributed by atoms with Gasteiger partial charge in [-0.1, -0.05) is 68.5 Å². The summed E-state index contributed by atoms with van der Waals surface area (Å²) in [6.07, 6.45) is 5.70. The van der Waals surface area contributed by atoms with E-state index < -0.39 is 10.0 Å². The van der Waals surface area contributed by atoms with Gasteiger partial charge in [0.2, 0.25) is 0 Å². The predicted molar refractivity (Wildman–Crippen MR) is 133 cm³/mol. The van der Waals surface area contributed by atoms with E-state index in [9.17, 15) is 13.2 Å². The van der Waals surface area contributed by atoms with Crippen LogP contribution in [0.2, 0.25) is 0 Å². The molecule has 0 saturated carbocycles. The molecule has 2 N–H and O–H groups in total. The van der Waals surface area contributed by atoms with E-state index in [4.69, 9.17) is 0 Å². The summed E-state index contributed by atoms with van der Waals surface area (Å²) in [5, 5.41) is 7.36. The maximum atomic E-state index is 13.3. The molecule has 0 amide bonds. The summed E-state index contributed by atoms with van der Waals surface area (Å²) < 4.78 is 27.0. The summed E-state index contributed by atoms with van der Waals surface area (Å²) >= 11 is 0. The number of hydrogen-bond donors (Lipinski definition) is 2. The summed E-state index contributed by atoms with van der Waals surface area (Å²) in [7, 11) is -3.85. The van der Waals surface area contributed by atoms with E-state index in [0.29, 0.717) is 29.1 Å². The van der Waals surface area contributed by atoms with Crippen molar-refractivity contribution in [2.75, 3.05) is 0 Å². The Labute approximate surface area is 195 Å². The van der Waals surface area contributed by atoms with E-state index in [1.807, 2.05) is 37.3 Å². The molecule has 176 valence electrons. The standard InChI is InChI=1S/C25H32N4O3S/c1-4-5-6-7-11-14-23(26-28-33(31,32)22-17-15-19(2)16-18-22)24-20(3)27-29(25(24)30)21-12-9-8-10-13-21/h8-10,12-13,15-18,27-28H,4-7,11,14H2,1-3H3/b26-23-. The van der Waals surface area contributed by atoms with Crippen LogP contribution in [-0.2, 0) is 10.0 Å². The largest absolute Gasteiger partial charge is 0.295 e. The van der Waals surface area contributed by atoms with Gasteiger partial charge in [-0.25, -0.2) is 4.68 Å². The van der Waals surface area contributed by atoms with Crippen molar-refractivity contribution in [3.8, 4) is 5.69 Å². The van der Waals surface area contributed by atoms with Crippen LogP contribution >= 0.6 is 0 Å². The Bertz CT molecular complexity index is 1240. The Morgan fingerprint density at radius 1 is 0.970 bits per heavy atom. The van der Waals surface area contributed by atoms with Crippen molar-refractivity contribution in [3.63, 3.8) is 0 Å². The van der Waals surface area contributed by atoms with Crippen LogP contribution in [0.5, 0.6) is 0 Å². The Hall–Kier alpha value is -3.13. The van der Waals surface area contributed by atoms with E-state index in [-0.39, 0.29) is 10.5 Å². The number of H-pyrrole nitrogens is 1. The lowest BCUT2D eigenvalue weighted by molar-refractivity contribution is 0.584. The quantitative estimate of drug-likeness (QED) is 0.240. The van der Waals surface area contributed by atoms with Gasteiger partial charge in [0.25, 0.3) is 15.6 Å². The lowest BCUT2D eigenvalue weighted by Gasteiger charge is -2.08. The summed E-state index contributed by atoms with van der Waals surface area (Å²) in [5.41, 5.74) is 2.91. The van der Waals surface area contributed by atoms with E-state index in [1.54, 1.807) is 31.2 Å². The van der Waals surface area contributed by atoms with Gasteiger partial charge in [-0.2, -0.15) is 18.4 Å². The van der Waals surface area contributed by atoms with E-state index >= 15 is 0 Å². The number of aryl methyl sites for hydroxylation is 2. The molecule has 0 aliphatic rings. The molecule has 0 fully saturated rings. The number of para-hydroxylation sites is 1. The first kappa shape index (κ1) is 24.5. The van der Waals surface area contributed by atoms with Crippen LogP contribution in [0.25, 0.3) is 5.69 Å². The average Bonchev–Trinajstić information content (AvgIpc) is 3.10. The molecule has 2 aromatic carbocycles. The highest BCUT2D eigenvalue weighted by Crippen LogP contribution is 2.15. The monoisotopic (exact) mass is 468 g/mol. The Morgan fingerprint density at radius 3 is 2.30 bits per heavy atom. The first-order valence-electron chi connectivity index (χ1n) is 11.4. The summed E-state index contributed by atoms with van der Waals surface area (Å²) in [6.45, 7) is 5.85. The third-order valence-corrected chi connectivity index (χ3v) is 6.75. The summed E-state index contributed by atoms with van der Waals surface area (Å²) in [6, 6.07) is 15.8. The number of nitrogens with zero attached hydrogens (tertiary/aromatic N) is 2. The molecular formula is C25H32N4O3S. The third kappa shape index (κ3) is 6.22. The second-order valence-electron chi connectivity index (χ2n) is 8.22. The number of unbranched alkanes of at least 4 members (excludes halogenated alkanes) is 4. The second-order valence-corrected chi connectivity index (χ2v) is 9.88. The van der Waals surface area contributed by atoms with Crippen LogP contribution < -0.4 is 10.4 Å². The van der Waals surface area contributed by atoms with Crippen LogP contribution in [0, 0.1) is 13.8 Å². The van der Waals surface area contributed by atoms with Gasteiger partial charge >= 0.3 is 0 Å². The number of benzene rings is 2. The lowest BCUT2D eigenvalue weighted by atomic mass is 10.0. The second kappa shape index (κ2) is 11.1. The molecule has 0 saturated heterocycles. The minimum absolute atomic E-state index is 0.131. The maximum Gasteiger partial charge on any atom is 0.280 e. The van der Waals surface area contributed by atoms with Crippen molar-refractivity contribution in [1.82, 2.24) is 14.6 Å². The normalized spacial score (nSPS) is 12.2. The van der Waals surface area contributed by atoms with Crippen LogP contribution in [0.1, 0.15) is 62.3 Å². The predicted octanol–water partition coefficient (Wildman–Crippen LogP) is 4.83. The molecule has 0 bridgehead atoms. The zero-order valence-corrected chi connectivity index (χ0v) is 20.3. The molecule has 0 aliphatic heterocycles. The third-order valence-electron chi connectivity index (χ3n) is 5.52. The van der Waals surface area contributed by atoms with Gasteiger partial charge in [0, 0.05) is 5.69 Å². The molecule has 0 aliphatic carbocycles. The minimum atomic E-state index is -3.85. The average molecular weight is 469 g/mol. The van der Waals surface area contributed by atoms with Crippen LogP contribution in [0.15, 0.2) is 69.4 Å². The molecule has 0 spiro atoms. The molecule has 3 rings (SSSR count). The van der Waals surface area contributed by atoms with E-state index in [1.165, 1.54) is 4.68 Å². The molecule has 8 heteroatoms. The minimum Gasteiger partial charge on any atom is -0.295 e. The van der Waals surface area contributed by atoms with Crippen LogP contribution in [-0.4, -0.2) is 23.9 Å². The SMILES string of the molecule is CCCCCCC/C(=N/NS(=O)(=O)c1ccc(C)cc1)c1c(C)[nH]n(-c2ccccc2)c1=O. The van der Waals surface area contributed by atoms with Crippen molar-refractivity contribution >= 4 is 15.7 Å². The highest BCUT2D eigenvalue weighted by Gasteiger charge is 2.20. The highest BCUT2D eigenvalue weighted by molar-refractivity contribution is 7.89. The Balaban J connectivity index is 1.94. The van der Waals surface area contributed by atoms with Crippen molar-refractivity contribution in [2.24, 2.45) is 5.10 Å². The zero-order valence-electron chi connectivity index (χ0n) is 19.5. The smallest absolute Gasteiger partial charge is 0.280 e. The molecule has 7 nitrogen and oxygen atoms in total. The molecule has 0 atom stereocenters. The van der Waals surface area contributed by atoms with Crippen molar-refractivity contribution in [1.29, 1.82) is 0 Å². The maximum absolute atomic E-state index is 13.3. The number of rotatable bonds is 11. The molecule has 1 aromatic heterocycles. The van der Waals surface area contributed by atoms with Crippen molar-refractivity contribution in [3.05, 3.63) is 81.8 Å². The molecule has 1 heterocycles. The van der Waals surface area contributed by atoms with Gasteiger partial charge < -0.3 is 0 Å². The van der Waals surface area contributed by atoms with Gasteiger partial charge in [-0.15, -0.1) is 0 Å². The summed E-state index contributed by atoms with van der Waals surface area (Å²) in [5.74, 6) is 0. The highest BCUT2D eigenvalue weighted by atomic mass is 32.2. The van der Waals surface area contributed by atoms with E-state index in [0.717, 1.165) is 37.7 Å². The number of hydrogen-bond acceptors (Lipinski definition) is 4. The fourth-order valence-corrected chi connectivity index (χ4v) is 4.49. The van der Waals surface area contributed by atoms with Crippen molar-refractivity contribution < 1.29 is 8.42 Å². The number of hydrazone groups is 1. The molecule has 0 unspecified atom stereocenters. The fraction of sp³-hybridized carbons (Fsp3) is 0.360. The molecule has 0 radical (unpaired) electrons. The van der Waals surface area contributed by atoms with Gasteiger partial charge in [-0.3, -0.25) is 9.89 Å². The van der Waals surface area contributed by atoms with E-state index in [2.05, 4.69) is 22.0 Å². The summed E-state index contributed by atoms with van der Waals surface area (Å²) in [4.78, 5) is 15.8. The van der Waals surface area contributed by atoms with Gasteiger partial charge in [0.1, 0.15) is 0 Å². The van der Waals surface area contributed by atoms with Gasteiger partial charge in [0.05, 0.1) is 21.9 Å². The molecule has 33 heavy (non-hydrogen) atoms. The number of sulfonamides is 1. The van der Waals surface area contributed by atoms with Crippen molar-refractivity contribution in [2.45, 2.75) is 64.2 Å². The first-order valence-corrected chi connectivity index (χ1v) is 12.8. The number of nitrogens with one attached hydrogen (secondary N) is 2. The topological polar surface area (TPSA) is 96.3 Å². The molecule has 3 aromatic rings. The first-order chi connectivity index (χ1) is 15.8. The Morgan fingerprint density at radius 2 is 1.64 bits per heavy atom. The molecular weight excluding hydrogens is 436 g/mol. The number of aromatic nitrogens is 2. The fourth-order valence-electron chi connectivity index (χ4n) is 3.66. The number of aromatic amines is 1. The van der Waals surface area contributed by atoms with Crippen LogP contribution in [0.3, 0.4) is 0 Å². The van der Waals surface area contributed by atoms with Crippen LogP contribution in [0.4, 0.5) is 0 Å². The zero-order chi connectivity index (χ0) is 23.8.